The second-order valence-electron chi connectivity index (χ2n) is 7.69. The summed E-state index contributed by atoms with van der Waals surface area (Å²) in [5, 5.41) is 0.994. The SMILES string of the molecule is CCN(Cc1ccc2oc(Cc3nc(C)oc3C)cc2c1)C(=O)Oc1ccc(C)cc1. The molecule has 0 atom stereocenters. The van der Waals surface area contributed by atoms with Gasteiger partial charge in [0.25, 0.3) is 0 Å². The molecule has 0 aliphatic heterocycles. The topological polar surface area (TPSA) is 68.7 Å². The summed E-state index contributed by atoms with van der Waals surface area (Å²) in [5.41, 5.74) is 3.82. The number of aryl methyl sites for hydroxylation is 3. The van der Waals surface area contributed by atoms with E-state index < -0.39 is 0 Å². The zero-order chi connectivity index (χ0) is 22.0. The first-order valence-corrected chi connectivity index (χ1v) is 10.4. The van der Waals surface area contributed by atoms with Gasteiger partial charge in [0.2, 0.25) is 0 Å². The number of hydrogen-bond donors (Lipinski definition) is 0. The summed E-state index contributed by atoms with van der Waals surface area (Å²) in [6.45, 7) is 8.68. The van der Waals surface area contributed by atoms with E-state index in [-0.39, 0.29) is 6.09 Å². The normalized spacial score (nSPS) is 11.1. The van der Waals surface area contributed by atoms with Crippen LogP contribution in [0.4, 0.5) is 4.79 Å². The van der Waals surface area contributed by atoms with Crippen LogP contribution in [0.15, 0.2) is 57.4 Å². The summed E-state index contributed by atoms with van der Waals surface area (Å²) in [6.07, 6.45) is 0.216. The van der Waals surface area contributed by atoms with E-state index in [1.54, 1.807) is 17.0 Å². The number of carbonyl (C=O) groups is 1. The Morgan fingerprint density at radius 2 is 1.81 bits per heavy atom. The maximum atomic E-state index is 12.6. The third kappa shape index (κ3) is 4.79. The second kappa shape index (κ2) is 8.68. The van der Waals surface area contributed by atoms with Crippen LogP contribution in [0.3, 0.4) is 0 Å². The molecule has 4 rings (SSSR count). The van der Waals surface area contributed by atoms with Crippen molar-refractivity contribution in [3.05, 3.63) is 82.8 Å². The monoisotopic (exact) mass is 418 g/mol. The molecule has 6 nitrogen and oxygen atoms in total. The van der Waals surface area contributed by atoms with Crippen LogP contribution in [0, 0.1) is 20.8 Å². The lowest BCUT2D eigenvalue weighted by atomic mass is 10.1. The lowest BCUT2D eigenvalue weighted by Gasteiger charge is -2.20. The zero-order valence-electron chi connectivity index (χ0n) is 18.3. The van der Waals surface area contributed by atoms with Gasteiger partial charge in [0.05, 0.1) is 12.1 Å². The number of fused-ring (bicyclic) bond motifs is 1. The first-order valence-electron chi connectivity index (χ1n) is 10.4. The van der Waals surface area contributed by atoms with E-state index in [4.69, 9.17) is 13.6 Å². The first kappa shape index (κ1) is 20.7. The van der Waals surface area contributed by atoms with Crippen LogP contribution < -0.4 is 4.74 Å². The van der Waals surface area contributed by atoms with E-state index in [9.17, 15) is 4.79 Å². The Morgan fingerprint density at radius 1 is 1.03 bits per heavy atom. The molecule has 1 amide bonds. The molecule has 0 aliphatic rings. The van der Waals surface area contributed by atoms with Crippen LogP contribution in [0.25, 0.3) is 11.0 Å². The number of amides is 1. The predicted octanol–water partition coefficient (Wildman–Crippen LogP) is 5.96. The van der Waals surface area contributed by atoms with Crippen LogP contribution in [0.2, 0.25) is 0 Å². The van der Waals surface area contributed by atoms with Crippen LogP contribution in [0.1, 0.15) is 41.2 Å². The third-order valence-corrected chi connectivity index (χ3v) is 5.21. The summed E-state index contributed by atoms with van der Waals surface area (Å²) in [4.78, 5) is 18.7. The molecule has 2 heterocycles. The molecular formula is C25H26N2O4. The van der Waals surface area contributed by atoms with E-state index in [1.807, 2.05) is 64.1 Å². The standard InChI is InChI=1S/C25H26N2O4/c1-5-27(25(28)31-21-9-6-16(2)7-10-21)15-19-8-11-24-20(12-19)13-22(30-24)14-23-17(3)29-18(4)26-23/h6-13H,5,14-15H2,1-4H3. The molecule has 31 heavy (non-hydrogen) atoms. The Bertz CT molecular complexity index is 1200. The van der Waals surface area contributed by atoms with Crippen molar-refractivity contribution in [3.8, 4) is 5.75 Å². The Kier molecular flexibility index (Phi) is 5.80. The van der Waals surface area contributed by atoms with E-state index in [0.717, 1.165) is 39.3 Å². The fourth-order valence-corrected chi connectivity index (χ4v) is 3.53. The lowest BCUT2D eigenvalue weighted by molar-refractivity contribution is 0.152. The largest absolute Gasteiger partial charge is 0.461 e. The van der Waals surface area contributed by atoms with Crippen molar-refractivity contribution in [2.75, 3.05) is 6.54 Å². The van der Waals surface area contributed by atoms with Gasteiger partial charge in [-0.2, -0.15) is 0 Å². The van der Waals surface area contributed by atoms with Crippen LogP contribution in [-0.2, 0) is 13.0 Å². The third-order valence-electron chi connectivity index (χ3n) is 5.21. The van der Waals surface area contributed by atoms with E-state index in [1.165, 1.54) is 0 Å². The molecule has 0 N–H and O–H groups in total. The number of nitrogens with zero attached hydrogens (tertiary/aromatic N) is 2. The fraction of sp³-hybridized carbons (Fsp3) is 0.280. The van der Waals surface area contributed by atoms with Crippen LogP contribution in [0.5, 0.6) is 5.75 Å². The van der Waals surface area contributed by atoms with Crippen molar-refractivity contribution in [1.82, 2.24) is 9.88 Å². The van der Waals surface area contributed by atoms with Gasteiger partial charge < -0.3 is 18.5 Å². The van der Waals surface area contributed by atoms with Gasteiger partial charge in [-0.1, -0.05) is 23.8 Å². The Morgan fingerprint density at radius 3 is 2.48 bits per heavy atom. The molecule has 4 aromatic rings. The smallest absolute Gasteiger partial charge is 0.415 e. The number of aromatic nitrogens is 1. The molecule has 0 saturated carbocycles. The molecule has 6 heteroatoms. The first-order chi connectivity index (χ1) is 14.9. The minimum Gasteiger partial charge on any atom is -0.461 e. The average Bonchev–Trinajstić information content (AvgIpc) is 3.28. The maximum absolute atomic E-state index is 12.6. The van der Waals surface area contributed by atoms with Gasteiger partial charge in [-0.05, 0) is 56.7 Å². The summed E-state index contributed by atoms with van der Waals surface area (Å²) in [6, 6.07) is 15.4. The average molecular weight is 418 g/mol. The van der Waals surface area contributed by atoms with E-state index >= 15 is 0 Å². The molecule has 0 radical (unpaired) electrons. The molecule has 2 aromatic carbocycles. The molecular weight excluding hydrogens is 392 g/mol. The van der Waals surface area contributed by atoms with Crippen molar-refractivity contribution >= 4 is 17.1 Å². The van der Waals surface area contributed by atoms with Crippen molar-refractivity contribution in [2.24, 2.45) is 0 Å². The fourth-order valence-electron chi connectivity index (χ4n) is 3.53. The number of benzene rings is 2. The Hall–Kier alpha value is -3.54. The maximum Gasteiger partial charge on any atom is 0.415 e. The lowest BCUT2D eigenvalue weighted by Crippen LogP contribution is -2.32. The van der Waals surface area contributed by atoms with Crippen molar-refractivity contribution in [3.63, 3.8) is 0 Å². The van der Waals surface area contributed by atoms with Crippen molar-refractivity contribution in [2.45, 2.75) is 40.7 Å². The van der Waals surface area contributed by atoms with Gasteiger partial charge in [-0.3, -0.25) is 0 Å². The summed E-state index contributed by atoms with van der Waals surface area (Å²) in [5.74, 6) is 2.84. The summed E-state index contributed by atoms with van der Waals surface area (Å²) >= 11 is 0. The highest BCUT2D eigenvalue weighted by atomic mass is 16.6. The molecule has 0 fully saturated rings. The highest BCUT2D eigenvalue weighted by Gasteiger charge is 2.16. The van der Waals surface area contributed by atoms with Gasteiger partial charge >= 0.3 is 6.09 Å². The molecule has 0 saturated heterocycles. The minimum atomic E-state index is -0.365. The number of rotatable bonds is 6. The molecule has 0 spiro atoms. The van der Waals surface area contributed by atoms with Gasteiger partial charge in [-0.25, -0.2) is 9.78 Å². The number of carbonyl (C=O) groups excluding carboxylic acids is 1. The molecule has 0 unspecified atom stereocenters. The van der Waals surface area contributed by atoms with E-state index in [0.29, 0.717) is 31.2 Å². The predicted molar refractivity (Wildman–Crippen MR) is 118 cm³/mol. The number of oxazole rings is 1. The number of hydrogen-bond acceptors (Lipinski definition) is 5. The molecule has 0 aliphatic carbocycles. The Balaban J connectivity index is 1.47. The van der Waals surface area contributed by atoms with Gasteiger partial charge in [0, 0.05) is 25.4 Å². The van der Waals surface area contributed by atoms with Crippen LogP contribution >= 0.6 is 0 Å². The van der Waals surface area contributed by atoms with Gasteiger partial charge in [0.1, 0.15) is 22.9 Å². The highest BCUT2D eigenvalue weighted by molar-refractivity contribution is 5.79. The van der Waals surface area contributed by atoms with Gasteiger partial charge in [-0.15, -0.1) is 0 Å². The molecule has 0 bridgehead atoms. The number of furan rings is 1. The second-order valence-corrected chi connectivity index (χ2v) is 7.69. The van der Waals surface area contributed by atoms with Crippen LogP contribution in [-0.4, -0.2) is 22.5 Å². The van der Waals surface area contributed by atoms with E-state index in [2.05, 4.69) is 4.98 Å². The minimum absolute atomic E-state index is 0.365. The Labute approximate surface area is 181 Å². The molecule has 160 valence electrons. The molecule has 2 aromatic heterocycles. The summed E-state index contributed by atoms with van der Waals surface area (Å²) in [7, 11) is 0. The van der Waals surface area contributed by atoms with Gasteiger partial charge in [0.15, 0.2) is 5.89 Å². The number of ether oxygens (including phenoxy) is 1. The zero-order valence-corrected chi connectivity index (χ0v) is 18.3. The highest BCUT2D eigenvalue weighted by Crippen LogP contribution is 2.24. The quantitative estimate of drug-likeness (QED) is 0.386. The van der Waals surface area contributed by atoms with Crippen molar-refractivity contribution < 1.29 is 18.4 Å². The summed E-state index contributed by atoms with van der Waals surface area (Å²) < 4.78 is 17.0. The van der Waals surface area contributed by atoms with Crippen molar-refractivity contribution in [1.29, 1.82) is 0 Å².